The van der Waals surface area contributed by atoms with Crippen molar-refractivity contribution in [2.75, 3.05) is 0 Å². The molecule has 0 unspecified atom stereocenters. The number of aliphatic carboxylic acids is 1. The van der Waals surface area contributed by atoms with Crippen LogP contribution in [-0.2, 0) is 17.6 Å². The smallest absolute Gasteiger partial charge is 0.320 e. The molecule has 0 aliphatic carbocycles. The van der Waals surface area contributed by atoms with Crippen LogP contribution in [0.3, 0.4) is 0 Å². The molecule has 1 heterocycles. The molecule has 29 heavy (non-hydrogen) atoms. The summed E-state index contributed by atoms with van der Waals surface area (Å²) in [6.07, 6.45) is 4.24. The van der Waals surface area contributed by atoms with Crippen molar-refractivity contribution in [1.82, 2.24) is 4.98 Å². The van der Waals surface area contributed by atoms with Crippen molar-refractivity contribution in [3.63, 3.8) is 0 Å². The van der Waals surface area contributed by atoms with Gasteiger partial charge >= 0.3 is 5.97 Å². The summed E-state index contributed by atoms with van der Waals surface area (Å²) in [5.74, 6) is 0.467. The lowest BCUT2D eigenvalue weighted by Crippen LogP contribution is -2.32. The van der Waals surface area contributed by atoms with Crippen LogP contribution in [0.15, 0.2) is 54.9 Å². The minimum Gasteiger partial charge on any atom is -0.508 e. The Balaban J connectivity index is 1.82. The number of rotatable bonds is 7. The first-order chi connectivity index (χ1) is 13.8. The number of aromatic nitrogens is 1. The summed E-state index contributed by atoms with van der Waals surface area (Å²) in [7, 11) is 0. The van der Waals surface area contributed by atoms with Crippen LogP contribution in [0.2, 0.25) is 0 Å². The fourth-order valence-electron chi connectivity index (χ4n) is 2.77. The zero-order chi connectivity index (χ0) is 21.0. The molecule has 1 atom stereocenters. The first-order valence-electron chi connectivity index (χ1n) is 8.68. The second-order valence-electron chi connectivity index (χ2n) is 6.46. The Kier molecular flexibility index (Phi) is 7.30. The van der Waals surface area contributed by atoms with Gasteiger partial charge in [-0.3, -0.25) is 9.78 Å². The molecular formula is C21H18I2N2O4. The lowest BCUT2D eigenvalue weighted by molar-refractivity contribution is -0.138. The topological polar surface area (TPSA) is 106 Å². The van der Waals surface area contributed by atoms with Gasteiger partial charge in [0, 0.05) is 24.4 Å². The van der Waals surface area contributed by atoms with E-state index in [0.717, 1.165) is 23.8 Å². The zero-order valence-electron chi connectivity index (χ0n) is 15.2. The first kappa shape index (κ1) is 21.8. The molecule has 0 spiro atoms. The lowest BCUT2D eigenvalue weighted by atomic mass is 10.0. The van der Waals surface area contributed by atoms with Crippen LogP contribution in [0.5, 0.6) is 17.2 Å². The highest BCUT2D eigenvalue weighted by atomic mass is 127. The Hall–Kier alpha value is -1.92. The molecule has 3 rings (SSSR count). The number of phenolic OH excluding ortho intramolecular Hbond substituents is 1. The van der Waals surface area contributed by atoms with E-state index in [0.29, 0.717) is 17.9 Å². The van der Waals surface area contributed by atoms with Gasteiger partial charge in [0.25, 0.3) is 0 Å². The molecule has 2 aromatic carbocycles. The number of benzene rings is 2. The molecule has 6 nitrogen and oxygen atoms in total. The van der Waals surface area contributed by atoms with Crippen molar-refractivity contribution in [2.45, 2.75) is 18.9 Å². The van der Waals surface area contributed by atoms with Crippen LogP contribution in [0.1, 0.15) is 16.7 Å². The van der Waals surface area contributed by atoms with E-state index in [1.54, 1.807) is 24.5 Å². The van der Waals surface area contributed by atoms with Crippen LogP contribution >= 0.6 is 45.2 Å². The van der Waals surface area contributed by atoms with Gasteiger partial charge in [0.15, 0.2) is 5.75 Å². The number of carboxylic acids is 1. The van der Waals surface area contributed by atoms with Crippen LogP contribution in [0.4, 0.5) is 0 Å². The Morgan fingerprint density at radius 3 is 2.34 bits per heavy atom. The normalized spacial score (nSPS) is 11.8. The van der Waals surface area contributed by atoms with Crippen LogP contribution in [-0.4, -0.2) is 27.2 Å². The van der Waals surface area contributed by atoms with Crippen molar-refractivity contribution in [3.8, 4) is 17.2 Å². The Morgan fingerprint density at radius 1 is 1.07 bits per heavy atom. The van der Waals surface area contributed by atoms with Gasteiger partial charge in [-0.1, -0.05) is 0 Å². The lowest BCUT2D eigenvalue weighted by Gasteiger charge is -2.14. The van der Waals surface area contributed by atoms with Gasteiger partial charge in [0.2, 0.25) is 0 Å². The van der Waals surface area contributed by atoms with Crippen LogP contribution in [0.25, 0.3) is 0 Å². The third-order valence-electron chi connectivity index (χ3n) is 4.25. The highest BCUT2D eigenvalue weighted by Gasteiger charge is 2.16. The predicted molar refractivity (Wildman–Crippen MR) is 126 cm³/mol. The molecule has 0 aliphatic heterocycles. The highest BCUT2D eigenvalue weighted by Crippen LogP contribution is 2.35. The number of carbonyl (C=O) groups is 1. The van der Waals surface area contributed by atoms with E-state index in [1.165, 1.54) is 0 Å². The molecule has 0 saturated heterocycles. The van der Waals surface area contributed by atoms with E-state index in [-0.39, 0.29) is 12.2 Å². The molecule has 0 fully saturated rings. The number of pyridine rings is 1. The summed E-state index contributed by atoms with van der Waals surface area (Å²) in [4.78, 5) is 15.0. The van der Waals surface area contributed by atoms with Crippen LogP contribution < -0.4 is 10.5 Å². The van der Waals surface area contributed by atoms with Crippen molar-refractivity contribution < 1.29 is 19.7 Å². The third kappa shape index (κ3) is 5.80. The van der Waals surface area contributed by atoms with Gasteiger partial charge in [0.05, 0.1) is 7.14 Å². The van der Waals surface area contributed by atoms with Gasteiger partial charge in [-0.2, -0.15) is 0 Å². The number of hydrogen-bond acceptors (Lipinski definition) is 5. The number of phenols is 1. The molecule has 0 amide bonds. The number of nitrogens with zero attached hydrogens (tertiary/aromatic N) is 1. The molecule has 4 N–H and O–H groups in total. The first-order valence-corrected chi connectivity index (χ1v) is 10.8. The molecule has 150 valence electrons. The third-order valence-corrected chi connectivity index (χ3v) is 5.85. The van der Waals surface area contributed by atoms with Crippen molar-refractivity contribution in [3.05, 3.63) is 78.7 Å². The summed E-state index contributed by atoms with van der Waals surface area (Å²) >= 11 is 4.32. The Labute approximate surface area is 195 Å². The number of halogens is 2. The average Bonchev–Trinajstić information content (AvgIpc) is 2.68. The summed E-state index contributed by atoms with van der Waals surface area (Å²) < 4.78 is 7.80. The molecule has 8 heteroatoms. The van der Waals surface area contributed by atoms with Crippen molar-refractivity contribution >= 4 is 51.2 Å². The molecule has 0 saturated carbocycles. The quantitative estimate of drug-likeness (QED) is 0.342. The van der Waals surface area contributed by atoms with Crippen molar-refractivity contribution in [2.24, 2.45) is 5.73 Å². The molecule has 1 aromatic heterocycles. The summed E-state index contributed by atoms with van der Waals surface area (Å²) in [5, 5.41) is 19.2. The van der Waals surface area contributed by atoms with Crippen molar-refractivity contribution in [1.29, 1.82) is 0 Å². The molecule has 3 aromatic rings. The minimum atomic E-state index is -1.03. The maximum absolute atomic E-state index is 11.0. The minimum absolute atomic E-state index is 0.205. The summed E-state index contributed by atoms with van der Waals surface area (Å²) in [6, 6.07) is 11.8. The van der Waals surface area contributed by atoms with E-state index < -0.39 is 12.0 Å². The second kappa shape index (κ2) is 9.72. The van der Waals surface area contributed by atoms with Gasteiger partial charge in [0.1, 0.15) is 17.5 Å². The fraction of sp³-hybridized carbons (Fsp3) is 0.143. The number of ether oxygens (including phenoxy) is 1. The SMILES string of the molecule is N[C@H](Cc1cc(I)c(Oc2ccc(O)c(Cc3ccncc3)c2)c(I)c1)C(=O)O. The van der Waals surface area contributed by atoms with E-state index in [4.69, 9.17) is 15.6 Å². The van der Waals surface area contributed by atoms with E-state index in [2.05, 4.69) is 50.2 Å². The Morgan fingerprint density at radius 2 is 1.72 bits per heavy atom. The second-order valence-corrected chi connectivity index (χ2v) is 8.79. The van der Waals surface area contributed by atoms with Gasteiger partial charge < -0.3 is 20.7 Å². The predicted octanol–water partition coefficient (Wildman–Crippen LogP) is 4.33. The maximum Gasteiger partial charge on any atom is 0.320 e. The number of aromatic hydroxyl groups is 1. The van der Waals surface area contributed by atoms with E-state index >= 15 is 0 Å². The van der Waals surface area contributed by atoms with Gasteiger partial charge in [-0.15, -0.1) is 0 Å². The summed E-state index contributed by atoms with van der Waals surface area (Å²) in [5.41, 5.74) is 8.27. The molecular weight excluding hydrogens is 598 g/mol. The molecule has 0 radical (unpaired) electrons. The van der Waals surface area contributed by atoms with E-state index in [9.17, 15) is 9.90 Å². The Bertz CT molecular complexity index is 1010. The van der Waals surface area contributed by atoms with Gasteiger partial charge in [-0.05, 0) is 105 Å². The largest absolute Gasteiger partial charge is 0.508 e. The molecule has 0 aliphatic rings. The zero-order valence-corrected chi connectivity index (χ0v) is 19.5. The number of hydrogen-bond donors (Lipinski definition) is 3. The monoisotopic (exact) mass is 616 g/mol. The maximum atomic E-state index is 11.0. The van der Waals surface area contributed by atoms with Gasteiger partial charge in [-0.25, -0.2) is 0 Å². The number of carboxylic acid groups (broad SMARTS) is 1. The average molecular weight is 616 g/mol. The summed E-state index contributed by atoms with van der Waals surface area (Å²) in [6.45, 7) is 0. The standard InChI is InChI=1S/C21H18I2N2O4/c22-16-8-13(10-18(24)21(27)28)9-17(23)20(16)29-15-1-2-19(26)14(11-15)7-12-3-5-25-6-4-12/h1-6,8-9,11,18,26H,7,10,24H2,(H,27,28)/t18-/m1/s1. The van der Waals surface area contributed by atoms with E-state index in [1.807, 2.05) is 30.3 Å². The highest BCUT2D eigenvalue weighted by molar-refractivity contribution is 14.1. The fourth-order valence-corrected chi connectivity index (χ4v) is 4.89. The van der Waals surface area contributed by atoms with Crippen LogP contribution in [0, 0.1) is 7.14 Å². The number of nitrogens with two attached hydrogens (primary N) is 1. The molecule has 0 bridgehead atoms.